The molecule has 0 aromatic heterocycles. The number of aliphatic carboxylic acids is 1. The fraction of sp³-hybridized carbons (Fsp3) is 0.438. The number of carboxylic acids is 1. The van der Waals surface area contributed by atoms with Crippen molar-refractivity contribution in [1.82, 2.24) is 0 Å². The van der Waals surface area contributed by atoms with E-state index in [2.05, 4.69) is 5.32 Å². The molecule has 0 heterocycles. The van der Waals surface area contributed by atoms with Crippen molar-refractivity contribution < 1.29 is 36.5 Å². The minimum atomic E-state index is -5.15. The summed E-state index contributed by atoms with van der Waals surface area (Å²) in [6.07, 6.45) is 3.17. The van der Waals surface area contributed by atoms with Gasteiger partial charge in [-0.05, 0) is 19.3 Å². The first-order valence-corrected chi connectivity index (χ1v) is 11.3. The summed E-state index contributed by atoms with van der Waals surface area (Å²) in [5.41, 5.74) is -0.00951. The molecule has 1 unspecified atom stereocenters. The molecule has 1 amide bonds. The Bertz CT molecular complexity index is 727. The van der Waals surface area contributed by atoms with Gasteiger partial charge < -0.3 is 5.11 Å². The van der Waals surface area contributed by atoms with E-state index in [1.54, 1.807) is 0 Å². The third-order valence-corrected chi connectivity index (χ3v) is 5.85. The van der Waals surface area contributed by atoms with E-state index < -0.39 is 36.1 Å². The Kier molecular flexibility index (Phi) is 8.07. The number of carbonyl (C=O) groups excluding carboxylic acids is 2. The van der Waals surface area contributed by atoms with Crippen molar-refractivity contribution in [3.63, 3.8) is 0 Å². The van der Waals surface area contributed by atoms with Gasteiger partial charge in [0.2, 0.25) is 0 Å². The summed E-state index contributed by atoms with van der Waals surface area (Å²) in [6.45, 7) is 1.23. The van der Waals surface area contributed by atoms with Crippen LogP contribution in [0.4, 0.5) is 5.69 Å². The number of hydrogen-bond acceptors (Lipinski definition) is 5. The molecule has 0 spiro atoms. The number of aromatic hydroxyl groups is 1. The second kappa shape index (κ2) is 9.56. The molecule has 1 aromatic carbocycles. The smallest absolute Gasteiger partial charge is 0.303 e. The summed E-state index contributed by atoms with van der Waals surface area (Å²) < 4.78 is 28.4. The maximum absolute atomic E-state index is 11.0. The molecule has 1 atom stereocenters. The van der Waals surface area contributed by atoms with E-state index >= 15 is 0 Å². The molecule has 2 rings (SSSR count). The predicted octanol–water partition coefficient (Wildman–Crippen LogP) is 0.132. The Morgan fingerprint density at radius 1 is 1.31 bits per heavy atom. The summed E-state index contributed by atoms with van der Waals surface area (Å²) in [7, 11) is 0. The van der Waals surface area contributed by atoms with Crippen LogP contribution in [-0.2, 0) is 18.1 Å². The monoisotopic (exact) mass is 431 g/mol. The molecule has 0 saturated heterocycles. The number of anilines is 1. The average Bonchev–Trinajstić information content (AvgIpc) is 2.91. The van der Waals surface area contributed by atoms with Crippen molar-refractivity contribution in [3.8, 4) is 5.75 Å². The minimum absolute atomic E-state index is 0.00951. The van der Waals surface area contributed by atoms with Crippen LogP contribution in [0.3, 0.4) is 0 Å². The zero-order valence-corrected chi connectivity index (χ0v) is 16.1. The molecule has 26 heavy (non-hydrogen) atoms. The second-order valence-electron chi connectivity index (χ2n) is 5.89. The van der Waals surface area contributed by atoms with Crippen LogP contribution >= 0.6 is 0 Å². The van der Waals surface area contributed by atoms with Gasteiger partial charge in [-0.15, -0.1) is 0 Å². The molecule has 1 saturated carbocycles. The summed E-state index contributed by atoms with van der Waals surface area (Å²) in [4.78, 5) is 31.9. The zero-order chi connectivity index (χ0) is 19.9. The fourth-order valence-corrected chi connectivity index (χ4v) is 3.97. The van der Waals surface area contributed by atoms with Crippen molar-refractivity contribution in [3.05, 3.63) is 18.2 Å². The minimum Gasteiger partial charge on any atom is -0.481 e. The quantitative estimate of drug-likeness (QED) is 0.325. The largest absolute Gasteiger partial charge is 0.481 e. The van der Waals surface area contributed by atoms with Crippen LogP contribution < -0.4 is 9.67 Å². The van der Waals surface area contributed by atoms with Crippen LogP contribution in [0.5, 0.6) is 5.75 Å². The van der Waals surface area contributed by atoms with Gasteiger partial charge in [0.05, 0.1) is 0 Å². The Labute approximate surface area is 153 Å². The van der Waals surface area contributed by atoms with Gasteiger partial charge in [0, 0.05) is 18.8 Å². The van der Waals surface area contributed by atoms with Gasteiger partial charge in [0.25, 0.3) is 0 Å². The molecule has 1 aromatic rings. The molecule has 0 aliphatic heterocycles. The SMILES string of the molecule is CC(=O)Nc1cccc([As](=O)(O)O)c1O.O=C(O)CCC1CCCC1=O. The van der Waals surface area contributed by atoms with Crippen LogP contribution in [-0.4, -0.2) is 50.2 Å². The molecule has 1 aliphatic rings. The van der Waals surface area contributed by atoms with Gasteiger partial charge in [-0.3, -0.25) is 9.59 Å². The first kappa shape index (κ1) is 22.0. The molecular formula is C16H22AsNO8. The maximum Gasteiger partial charge on any atom is 0.303 e. The molecule has 1 aliphatic carbocycles. The first-order valence-electron chi connectivity index (χ1n) is 7.92. The molecule has 10 heteroatoms. The number of benzene rings is 1. The van der Waals surface area contributed by atoms with E-state index in [0.29, 0.717) is 12.8 Å². The van der Waals surface area contributed by atoms with Gasteiger partial charge in [0.1, 0.15) is 5.78 Å². The summed E-state index contributed by atoms with van der Waals surface area (Å²) in [5, 5.41) is 20.1. The molecule has 1 fully saturated rings. The number of Topliss-reactive ketones (excluding diaryl/α,β-unsaturated/α-hetero) is 1. The van der Waals surface area contributed by atoms with Gasteiger partial charge in [-0.2, -0.15) is 0 Å². The third kappa shape index (κ3) is 7.03. The number of carboxylic acid groups (broad SMARTS) is 1. The zero-order valence-electron chi connectivity index (χ0n) is 14.2. The number of hydrogen-bond donors (Lipinski definition) is 5. The normalized spacial score (nSPS) is 16.6. The average molecular weight is 431 g/mol. The van der Waals surface area contributed by atoms with E-state index in [-0.39, 0.29) is 23.8 Å². The molecular weight excluding hydrogens is 409 g/mol. The van der Waals surface area contributed by atoms with Crippen molar-refractivity contribution in [2.75, 3.05) is 5.32 Å². The van der Waals surface area contributed by atoms with Gasteiger partial charge in [-0.25, -0.2) is 0 Å². The number of nitrogens with one attached hydrogen (secondary N) is 1. The molecule has 5 N–H and O–H groups in total. The van der Waals surface area contributed by atoms with E-state index in [4.69, 9.17) is 13.3 Å². The third-order valence-electron chi connectivity index (χ3n) is 3.78. The Hall–Kier alpha value is -2.09. The summed E-state index contributed by atoms with van der Waals surface area (Å²) in [5.74, 6) is -1.51. The molecule has 144 valence electrons. The summed E-state index contributed by atoms with van der Waals surface area (Å²) in [6, 6.07) is 3.83. The molecule has 0 radical (unpaired) electrons. The van der Waals surface area contributed by atoms with Gasteiger partial charge in [0.15, 0.2) is 0 Å². The van der Waals surface area contributed by atoms with E-state index in [0.717, 1.165) is 18.9 Å². The number of amides is 1. The number of para-hydroxylation sites is 1. The van der Waals surface area contributed by atoms with Gasteiger partial charge in [-0.1, -0.05) is 0 Å². The van der Waals surface area contributed by atoms with Crippen LogP contribution in [0, 0.1) is 5.92 Å². The second-order valence-corrected chi connectivity index (χ2v) is 9.18. The van der Waals surface area contributed by atoms with Crippen LogP contribution in [0.15, 0.2) is 18.2 Å². The summed E-state index contributed by atoms with van der Waals surface area (Å²) >= 11 is -5.15. The maximum atomic E-state index is 11.0. The molecule has 0 bridgehead atoms. The Balaban J connectivity index is 0.000000273. The Morgan fingerprint density at radius 3 is 2.42 bits per heavy atom. The van der Waals surface area contributed by atoms with Crippen LogP contribution in [0.1, 0.15) is 39.0 Å². The van der Waals surface area contributed by atoms with E-state index in [1.165, 1.54) is 19.1 Å². The first-order chi connectivity index (χ1) is 12.0. The number of phenols is 1. The van der Waals surface area contributed by atoms with Crippen molar-refractivity contribution in [2.45, 2.75) is 39.0 Å². The molecule has 9 nitrogen and oxygen atoms in total. The number of rotatable bonds is 5. The van der Waals surface area contributed by atoms with Crippen LogP contribution in [0.25, 0.3) is 0 Å². The van der Waals surface area contributed by atoms with E-state index in [9.17, 15) is 23.2 Å². The van der Waals surface area contributed by atoms with E-state index in [1.807, 2.05) is 0 Å². The number of carbonyl (C=O) groups is 3. The number of phenolic OH excluding ortho intramolecular Hbond substituents is 1. The van der Waals surface area contributed by atoms with Crippen LogP contribution in [0.2, 0.25) is 0 Å². The number of ketones is 1. The standard InChI is InChI=1S/C8H10AsNO5.C8H12O3/c1-5(11)10-7-4-2-3-6(8(7)12)9(13,14)15;9-7-3-1-2-6(7)4-5-8(10)11/h2-4,12H,1H3,(H,10,11)(H2,13,14,15);6H,1-5H2,(H,10,11). The van der Waals surface area contributed by atoms with Crippen molar-refractivity contribution >= 4 is 41.9 Å². The van der Waals surface area contributed by atoms with Crippen molar-refractivity contribution in [1.29, 1.82) is 0 Å². The van der Waals surface area contributed by atoms with Gasteiger partial charge >= 0.3 is 94.1 Å². The fourth-order valence-electron chi connectivity index (χ4n) is 2.55. The van der Waals surface area contributed by atoms with Crippen molar-refractivity contribution in [2.24, 2.45) is 5.92 Å². The topological polar surface area (TPSA) is 161 Å². The predicted molar refractivity (Wildman–Crippen MR) is 92.1 cm³/mol. The Morgan fingerprint density at radius 2 is 1.96 bits per heavy atom.